The minimum Gasteiger partial charge on any atom is -0.486 e. The molecular formula is C21H24N2O3. The van der Waals surface area contributed by atoms with E-state index in [4.69, 9.17) is 19.9 Å². The Morgan fingerprint density at radius 1 is 1.00 bits per heavy atom. The fraction of sp³-hybridized carbons (Fsp3) is 0.286. The third-order valence-electron chi connectivity index (χ3n) is 4.45. The Kier molecular flexibility index (Phi) is 5.71. The van der Waals surface area contributed by atoms with E-state index in [1.807, 2.05) is 30.3 Å². The minimum absolute atomic E-state index is 0.236. The topological polar surface area (TPSA) is 65.8 Å². The quantitative estimate of drug-likeness (QED) is 0.684. The highest BCUT2D eigenvalue weighted by atomic mass is 16.5. The van der Waals surface area contributed by atoms with Crippen LogP contribution in [0.15, 0.2) is 54.6 Å². The standard InChI is InChI=1S/C21H24N2O3/c1-3-23(2)17-8-4-15(5-9-17)20-11-7-16-6-10-18(12-21(16)22-20)26-19(13-24)14-25/h4-12,19,24-25H,3,13-14H2,1-2H3. The average Bonchev–Trinajstić information content (AvgIpc) is 2.71. The Hall–Kier alpha value is -2.63. The Morgan fingerprint density at radius 3 is 2.35 bits per heavy atom. The molecule has 2 N–H and O–H groups in total. The Balaban J connectivity index is 1.89. The van der Waals surface area contributed by atoms with Crippen LogP contribution in [0, 0.1) is 0 Å². The maximum Gasteiger partial charge on any atom is 0.145 e. The summed E-state index contributed by atoms with van der Waals surface area (Å²) in [6.45, 7) is 2.61. The normalized spacial score (nSPS) is 11.1. The monoisotopic (exact) mass is 352 g/mol. The summed E-state index contributed by atoms with van der Waals surface area (Å²) < 4.78 is 5.58. The number of anilines is 1. The van der Waals surface area contributed by atoms with Crippen molar-refractivity contribution in [2.75, 3.05) is 31.7 Å². The first kappa shape index (κ1) is 18.2. The number of hydrogen-bond donors (Lipinski definition) is 2. The molecule has 0 aliphatic carbocycles. The second-order valence-corrected chi connectivity index (χ2v) is 6.22. The van der Waals surface area contributed by atoms with Crippen molar-refractivity contribution in [3.8, 4) is 17.0 Å². The van der Waals surface area contributed by atoms with Crippen LogP contribution in [0.3, 0.4) is 0 Å². The summed E-state index contributed by atoms with van der Waals surface area (Å²) in [4.78, 5) is 6.92. The van der Waals surface area contributed by atoms with Gasteiger partial charge in [-0.05, 0) is 37.3 Å². The van der Waals surface area contributed by atoms with E-state index in [9.17, 15) is 0 Å². The van der Waals surface area contributed by atoms with Crippen molar-refractivity contribution >= 4 is 16.6 Å². The predicted octanol–water partition coefficient (Wildman–Crippen LogP) is 3.09. The van der Waals surface area contributed by atoms with Gasteiger partial charge in [-0.1, -0.05) is 18.2 Å². The highest BCUT2D eigenvalue weighted by Gasteiger charge is 2.09. The van der Waals surface area contributed by atoms with Crippen LogP contribution in [0.1, 0.15) is 6.92 Å². The molecule has 2 aromatic carbocycles. The van der Waals surface area contributed by atoms with Gasteiger partial charge in [-0.15, -0.1) is 0 Å². The van der Waals surface area contributed by atoms with Crippen LogP contribution in [-0.4, -0.2) is 48.1 Å². The number of aromatic nitrogens is 1. The molecule has 3 rings (SSSR count). The molecule has 136 valence electrons. The number of benzene rings is 2. The van der Waals surface area contributed by atoms with Crippen LogP contribution in [0.5, 0.6) is 5.75 Å². The molecule has 1 heterocycles. The van der Waals surface area contributed by atoms with E-state index < -0.39 is 6.10 Å². The van der Waals surface area contributed by atoms with Crippen LogP contribution in [0.2, 0.25) is 0 Å². The molecule has 1 aromatic heterocycles. The molecule has 0 aliphatic heterocycles. The fourth-order valence-electron chi connectivity index (χ4n) is 2.73. The first-order valence-corrected chi connectivity index (χ1v) is 8.75. The molecule has 0 saturated carbocycles. The molecule has 0 spiro atoms. The SMILES string of the molecule is CCN(C)c1ccc(-c2ccc3ccc(OC(CO)CO)cc3n2)cc1. The van der Waals surface area contributed by atoms with Gasteiger partial charge in [0.05, 0.1) is 24.4 Å². The van der Waals surface area contributed by atoms with Gasteiger partial charge in [0.25, 0.3) is 0 Å². The lowest BCUT2D eigenvalue weighted by atomic mass is 10.1. The Bertz CT molecular complexity index is 861. The van der Waals surface area contributed by atoms with Crippen LogP contribution in [-0.2, 0) is 0 Å². The van der Waals surface area contributed by atoms with Gasteiger partial charge in [0.1, 0.15) is 11.9 Å². The van der Waals surface area contributed by atoms with Gasteiger partial charge < -0.3 is 19.8 Å². The van der Waals surface area contributed by atoms with Crippen molar-refractivity contribution < 1.29 is 14.9 Å². The summed E-state index contributed by atoms with van der Waals surface area (Å²) in [5.74, 6) is 0.579. The number of pyridine rings is 1. The summed E-state index contributed by atoms with van der Waals surface area (Å²) in [6, 6.07) is 17.9. The van der Waals surface area contributed by atoms with Crippen molar-refractivity contribution in [2.45, 2.75) is 13.0 Å². The van der Waals surface area contributed by atoms with Crippen LogP contribution >= 0.6 is 0 Å². The number of aliphatic hydroxyl groups excluding tert-OH is 2. The summed E-state index contributed by atoms with van der Waals surface area (Å²) in [6.07, 6.45) is -0.626. The number of aliphatic hydroxyl groups is 2. The van der Waals surface area contributed by atoms with E-state index in [-0.39, 0.29) is 13.2 Å². The highest BCUT2D eigenvalue weighted by Crippen LogP contribution is 2.26. The zero-order valence-electron chi connectivity index (χ0n) is 15.1. The first-order valence-electron chi connectivity index (χ1n) is 8.75. The number of rotatable bonds is 7. The molecule has 0 atom stereocenters. The molecule has 5 heteroatoms. The van der Waals surface area contributed by atoms with Crippen LogP contribution in [0.4, 0.5) is 5.69 Å². The van der Waals surface area contributed by atoms with E-state index in [1.165, 1.54) is 5.69 Å². The Labute approximate surface area is 153 Å². The van der Waals surface area contributed by atoms with E-state index in [2.05, 4.69) is 43.1 Å². The zero-order chi connectivity index (χ0) is 18.5. The van der Waals surface area contributed by atoms with E-state index in [1.54, 1.807) is 0 Å². The molecule has 0 amide bonds. The summed E-state index contributed by atoms with van der Waals surface area (Å²) >= 11 is 0. The van der Waals surface area contributed by atoms with Crippen LogP contribution < -0.4 is 9.64 Å². The lowest BCUT2D eigenvalue weighted by Gasteiger charge is -2.17. The molecule has 0 fully saturated rings. The molecule has 0 bridgehead atoms. The summed E-state index contributed by atoms with van der Waals surface area (Å²) in [5.41, 5.74) is 3.92. The van der Waals surface area contributed by atoms with Gasteiger partial charge in [0, 0.05) is 36.3 Å². The highest BCUT2D eigenvalue weighted by molar-refractivity contribution is 5.83. The zero-order valence-corrected chi connectivity index (χ0v) is 15.1. The van der Waals surface area contributed by atoms with Crippen molar-refractivity contribution in [1.29, 1.82) is 0 Å². The van der Waals surface area contributed by atoms with E-state index in [0.717, 1.165) is 28.7 Å². The molecule has 0 aliphatic rings. The molecule has 26 heavy (non-hydrogen) atoms. The van der Waals surface area contributed by atoms with E-state index in [0.29, 0.717) is 5.75 Å². The lowest BCUT2D eigenvalue weighted by Crippen LogP contribution is -2.25. The van der Waals surface area contributed by atoms with Gasteiger partial charge in [-0.3, -0.25) is 0 Å². The number of hydrogen-bond acceptors (Lipinski definition) is 5. The van der Waals surface area contributed by atoms with Gasteiger partial charge in [0.15, 0.2) is 0 Å². The maximum atomic E-state index is 9.17. The number of ether oxygens (including phenoxy) is 1. The maximum absolute atomic E-state index is 9.17. The van der Waals surface area contributed by atoms with Crippen molar-refractivity contribution in [3.63, 3.8) is 0 Å². The van der Waals surface area contributed by atoms with Gasteiger partial charge in [0.2, 0.25) is 0 Å². The van der Waals surface area contributed by atoms with Crippen molar-refractivity contribution in [3.05, 3.63) is 54.6 Å². The third-order valence-corrected chi connectivity index (χ3v) is 4.45. The van der Waals surface area contributed by atoms with Crippen LogP contribution in [0.25, 0.3) is 22.2 Å². The first-order chi connectivity index (χ1) is 12.6. The van der Waals surface area contributed by atoms with Gasteiger partial charge in [-0.25, -0.2) is 4.98 Å². The summed E-state index contributed by atoms with van der Waals surface area (Å²) in [7, 11) is 2.07. The Morgan fingerprint density at radius 2 is 1.69 bits per heavy atom. The molecule has 0 radical (unpaired) electrons. The smallest absolute Gasteiger partial charge is 0.145 e. The summed E-state index contributed by atoms with van der Waals surface area (Å²) in [5, 5.41) is 19.3. The number of fused-ring (bicyclic) bond motifs is 1. The van der Waals surface area contributed by atoms with E-state index >= 15 is 0 Å². The third kappa shape index (κ3) is 3.95. The molecular weight excluding hydrogens is 328 g/mol. The van der Waals surface area contributed by atoms with Gasteiger partial charge in [-0.2, -0.15) is 0 Å². The lowest BCUT2D eigenvalue weighted by molar-refractivity contribution is 0.0630. The fourth-order valence-corrected chi connectivity index (χ4v) is 2.73. The van der Waals surface area contributed by atoms with Gasteiger partial charge >= 0.3 is 0 Å². The largest absolute Gasteiger partial charge is 0.486 e. The average molecular weight is 352 g/mol. The van der Waals surface area contributed by atoms with Crippen molar-refractivity contribution in [2.24, 2.45) is 0 Å². The second kappa shape index (κ2) is 8.17. The minimum atomic E-state index is -0.626. The molecule has 0 unspecified atom stereocenters. The van der Waals surface area contributed by atoms with Crippen molar-refractivity contribution in [1.82, 2.24) is 4.98 Å². The second-order valence-electron chi connectivity index (χ2n) is 6.22. The number of nitrogens with zero attached hydrogens (tertiary/aromatic N) is 2. The molecule has 3 aromatic rings. The predicted molar refractivity (Wildman–Crippen MR) is 105 cm³/mol. The molecule has 5 nitrogen and oxygen atoms in total. The molecule has 0 saturated heterocycles.